The predicted octanol–water partition coefficient (Wildman–Crippen LogP) is 2.63. The molecule has 0 saturated carbocycles. The normalized spacial score (nSPS) is 14.0. The molecule has 4 heteroatoms. The standard InChI is InChI=1S/C17H28N2O2/c1-11(2)16(20)10-18-14(5)9-17(21)19-15-7-6-12(3)8-13(15)4/h6-8,11,14,16,18,20H,9-10H2,1-5H3,(H,19,21). The number of aliphatic hydroxyl groups excluding tert-OH is 1. The molecule has 2 unspecified atom stereocenters. The topological polar surface area (TPSA) is 61.4 Å². The lowest BCUT2D eigenvalue weighted by Crippen LogP contribution is -2.38. The smallest absolute Gasteiger partial charge is 0.225 e. The molecule has 1 aromatic carbocycles. The van der Waals surface area contributed by atoms with Crippen molar-refractivity contribution in [2.24, 2.45) is 5.92 Å². The molecule has 0 aliphatic heterocycles. The summed E-state index contributed by atoms with van der Waals surface area (Å²) in [5.41, 5.74) is 3.11. The van der Waals surface area contributed by atoms with E-state index in [0.29, 0.717) is 13.0 Å². The summed E-state index contributed by atoms with van der Waals surface area (Å²) in [7, 11) is 0. The van der Waals surface area contributed by atoms with Gasteiger partial charge in [-0.3, -0.25) is 4.79 Å². The van der Waals surface area contributed by atoms with Gasteiger partial charge in [0.1, 0.15) is 0 Å². The molecule has 2 atom stereocenters. The molecule has 0 spiro atoms. The van der Waals surface area contributed by atoms with Gasteiger partial charge < -0.3 is 15.7 Å². The minimum Gasteiger partial charge on any atom is -0.392 e. The van der Waals surface area contributed by atoms with Gasteiger partial charge in [0, 0.05) is 24.7 Å². The van der Waals surface area contributed by atoms with E-state index in [0.717, 1.165) is 11.3 Å². The zero-order valence-electron chi connectivity index (χ0n) is 13.7. The van der Waals surface area contributed by atoms with Crippen molar-refractivity contribution in [1.82, 2.24) is 5.32 Å². The van der Waals surface area contributed by atoms with Gasteiger partial charge in [-0.25, -0.2) is 0 Å². The molecule has 3 N–H and O–H groups in total. The van der Waals surface area contributed by atoms with Crippen LogP contribution in [0.1, 0.15) is 38.3 Å². The molecule has 0 heterocycles. The molecule has 0 bridgehead atoms. The van der Waals surface area contributed by atoms with Crippen LogP contribution in [0.4, 0.5) is 5.69 Å². The van der Waals surface area contributed by atoms with Crippen LogP contribution in [-0.4, -0.2) is 29.7 Å². The minimum absolute atomic E-state index is 0.0130. The van der Waals surface area contributed by atoms with Crippen molar-refractivity contribution in [3.8, 4) is 0 Å². The maximum atomic E-state index is 12.0. The summed E-state index contributed by atoms with van der Waals surface area (Å²) >= 11 is 0. The number of aryl methyl sites for hydroxylation is 2. The van der Waals surface area contributed by atoms with E-state index in [1.807, 2.05) is 46.8 Å². The van der Waals surface area contributed by atoms with Crippen molar-refractivity contribution in [3.63, 3.8) is 0 Å². The third-order valence-corrected chi connectivity index (χ3v) is 3.59. The van der Waals surface area contributed by atoms with Crippen LogP contribution < -0.4 is 10.6 Å². The SMILES string of the molecule is Cc1ccc(NC(=O)CC(C)NCC(O)C(C)C)c(C)c1. The molecule has 118 valence electrons. The number of rotatable bonds is 7. The molecule has 4 nitrogen and oxygen atoms in total. The molecule has 1 aromatic rings. The number of carbonyl (C=O) groups excluding carboxylic acids is 1. The van der Waals surface area contributed by atoms with Gasteiger partial charge in [-0.1, -0.05) is 31.5 Å². The number of anilines is 1. The van der Waals surface area contributed by atoms with E-state index in [9.17, 15) is 9.90 Å². The molecule has 0 aromatic heterocycles. The summed E-state index contributed by atoms with van der Waals surface area (Å²) in [6.45, 7) is 10.4. The third-order valence-electron chi connectivity index (χ3n) is 3.59. The third kappa shape index (κ3) is 6.27. The summed E-state index contributed by atoms with van der Waals surface area (Å²) in [5, 5.41) is 15.9. The number of nitrogens with one attached hydrogen (secondary N) is 2. The van der Waals surface area contributed by atoms with Crippen molar-refractivity contribution in [2.75, 3.05) is 11.9 Å². The van der Waals surface area contributed by atoms with E-state index in [4.69, 9.17) is 0 Å². The maximum absolute atomic E-state index is 12.0. The molecule has 21 heavy (non-hydrogen) atoms. The van der Waals surface area contributed by atoms with Crippen LogP contribution in [0.5, 0.6) is 0 Å². The number of aliphatic hydroxyl groups is 1. The molecular formula is C17H28N2O2. The van der Waals surface area contributed by atoms with Gasteiger partial charge in [-0.15, -0.1) is 0 Å². The average molecular weight is 292 g/mol. The van der Waals surface area contributed by atoms with Crippen LogP contribution in [0, 0.1) is 19.8 Å². The fourth-order valence-electron chi connectivity index (χ4n) is 2.06. The largest absolute Gasteiger partial charge is 0.392 e. The number of hydrogen-bond acceptors (Lipinski definition) is 3. The van der Waals surface area contributed by atoms with Crippen LogP contribution in [-0.2, 0) is 4.79 Å². The van der Waals surface area contributed by atoms with Crippen molar-refractivity contribution < 1.29 is 9.90 Å². The fraction of sp³-hybridized carbons (Fsp3) is 0.588. The summed E-state index contributed by atoms with van der Waals surface area (Å²) in [4.78, 5) is 12.0. The highest BCUT2D eigenvalue weighted by molar-refractivity contribution is 5.91. The van der Waals surface area contributed by atoms with E-state index >= 15 is 0 Å². The first-order valence-electron chi connectivity index (χ1n) is 7.58. The van der Waals surface area contributed by atoms with Crippen molar-refractivity contribution in [1.29, 1.82) is 0 Å². The summed E-state index contributed by atoms with van der Waals surface area (Å²) in [6.07, 6.45) is 0.00727. The highest BCUT2D eigenvalue weighted by Gasteiger charge is 2.13. The molecule has 0 aliphatic rings. The highest BCUT2D eigenvalue weighted by atomic mass is 16.3. The predicted molar refractivity (Wildman–Crippen MR) is 87.5 cm³/mol. The number of benzene rings is 1. The van der Waals surface area contributed by atoms with Crippen LogP contribution in [0.2, 0.25) is 0 Å². The number of amides is 1. The molecule has 1 amide bonds. The Morgan fingerprint density at radius 3 is 2.48 bits per heavy atom. The molecule has 0 saturated heterocycles. The lowest BCUT2D eigenvalue weighted by molar-refractivity contribution is -0.116. The average Bonchev–Trinajstić information content (AvgIpc) is 2.39. The summed E-state index contributed by atoms with van der Waals surface area (Å²) < 4.78 is 0. The molecule has 0 fully saturated rings. The lowest BCUT2D eigenvalue weighted by atomic mass is 10.1. The second kappa shape index (κ2) is 8.15. The Kier molecular flexibility index (Phi) is 6.85. The molecule has 0 aliphatic carbocycles. The van der Waals surface area contributed by atoms with Crippen molar-refractivity contribution >= 4 is 11.6 Å². The van der Waals surface area contributed by atoms with Crippen molar-refractivity contribution in [3.05, 3.63) is 29.3 Å². The number of hydrogen-bond donors (Lipinski definition) is 3. The van der Waals surface area contributed by atoms with E-state index < -0.39 is 0 Å². The Hall–Kier alpha value is -1.39. The van der Waals surface area contributed by atoms with Gasteiger partial charge >= 0.3 is 0 Å². The molecular weight excluding hydrogens is 264 g/mol. The first-order chi connectivity index (χ1) is 9.79. The Morgan fingerprint density at radius 1 is 1.24 bits per heavy atom. The lowest BCUT2D eigenvalue weighted by Gasteiger charge is -2.19. The Labute approximate surface area is 128 Å². The van der Waals surface area contributed by atoms with Gasteiger partial charge in [0.15, 0.2) is 0 Å². The quantitative estimate of drug-likeness (QED) is 0.724. The zero-order chi connectivity index (χ0) is 16.0. The van der Waals surface area contributed by atoms with Gasteiger partial charge in [0.05, 0.1) is 6.10 Å². The van der Waals surface area contributed by atoms with Gasteiger partial charge in [-0.2, -0.15) is 0 Å². The summed E-state index contributed by atoms with van der Waals surface area (Å²) in [6, 6.07) is 6.01. The number of carbonyl (C=O) groups is 1. The van der Waals surface area contributed by atoms with Crippen LogP contribution >= 0.6 is 0 Å². The van der Waals surface area contributed by atoms with E-state index in [1.165, 1.54) is 5.56 Å². The molecule has 0 radical (unpaired) electrons. The highest BCUT2D eigenvalue weighted by Crippen LogP contribution is 2.16. The van der Waals surface area contributed by atoms with Crippen LogP contribution in [0.25, 0.3) is 0 Å². The first-order valence-corrected chi connectivity index (χ1v) is 7.58. The summed E-state index contributed by atoms with van der Waals surface area (Å²) in [5.74, 6) is 0.203. The molecule has 1 rings (SSSR count). The van der Waals surface area contributed by atoms with E-state index in [2.05, 4.69) is 16.7 Å². The minimum atomic E-state index is -0.380. The van der Waals surface area contributed by atoms with Gasteiger partial charge in [0.25, 0.3) is 0 Å². The Balaban J connectivity index is 2.42. The zero-order valence-corrected chi connectivity index (χ0v) is 13.7. The Morgan fingerprint density at radius 2 is 1.90 bits per heavy atom. The second-order valence-corrected chi connectivity index (χ2v) is 6.19. The van der Waals surface area contributed by atoms with E-state index in [-0.39, 0.29) is 24.0 Å². The fourth-order valence-corrected chi connectivity index (χ4v) is 2.06. The van der Waals surface area contributed by atoms with Crippen LogP contribution in [0.3, 0.4) is 0 Å². The monoisotopic (exact) mass is 292 g/mol. The van der Waals surface area contributed by atoms with E-state index in [1.54, 1.807) is 0 Å². The van der Waals surface area contributed by atoms with Crippen molar-refractivity contribution in [2.45, 2.75) is 53.2 Å². The second-order valence-electron chi connectivity index (χ2n) is 6.19. The van der Waals surface area contributed by atoms with Crippen LogP contribution in [0.15, 0.2) is 18.2 Å². The van der Waals surface area contributed by atoms with Gasteiger partial charge in [-0.05, 0) is 38.3 Å². The van der Waals surface area contributed by atoms with Gasteiger partial charge in [0.2, 0.25) is 5.91 Å². The Bertz CT molecular complexity index is 472. The first kappa shape index (κ1) is 17.7. The maximum Gasteiger partial charge on any atom is 0.225 e.